The Bertz CT molecular complexity index is 829. The second kappa shape index (κ2) is 7.07. The van der Waals surface area contributed by atoms with E-state index in [1.165, 1.54) is 0 Å². The third-order valence-electron chi connectivity index (χ3n) is 4.24. The Kier molecular flexibility index (Phi) is 4.84. The summed E-state index contributed by atoms with van der Waals surface area (Å²) < 4.78 is 5.95. The number of benzene rings is 2. The summed E-state index contributed by atoms with van der Waals surface area (Å²) in [5.41, 5.74) is 2.99. The number of urea groups is 1. The SMILES string of the molecule is CNC(=O)c1ccc(CNC(=O)Nc2cccc3c2OC(C)(C)C3)cc1. The predicted octanol–water partition coefficient (Wildman–Crippen LogP) is 3.08. The molecule has 0 atom stereocenters. The second-order valence-corrected chi connectivity index (χ2v) is 6.92. The molecule has 0 aliphatic carbocycles. The van der Waals surface area contributed by atoms with E-state index in [0.29, 0.717) is 17.8 Å². The minimum Gasteiger partial charge on any atom is -0.485 e. The maximum atomic E-state index is 12.2. The van der Waals surface area contributed by atoms with Gasteiger partial charge in [-0.2, -0.15) is 0 Å². The number of fused-ring (bicyclic) bond motifs is 1. The minimum absolute atomic E-state index is 0.136. The molecule has 2 aromatic rings. The molecule has 0 fully saturated rings. The van der Waals surface area contributed by atoms with E-state index in [1.807, 2.05) is 44.2 Å². The lowest BCUT2D eigenvalue weighted by atomic mass is 10.0. The van der Waals surface area contributed by atoms with Crippen molar-refractivity contribution >= 4 is 17.6 Å². The molecule has 1 aliphatic heterocycles. The molecule has 26 heavy (non-hydrogen) atoms. The first-order valence-electron chi connectivity index (χ1n) is 8.55. The van der Waals surface area contributed by atoms with E-state index >= 15 is 0 Å². The van der Waals surface area contributed by atoms with Crippen LogP contribution in [0.3, 0.4) is 0 Å². The topological polar surface area (TPSA) is 79.5 Å². The van der Waals surface area contributed by atoms with E-state index in [4.69, 9.17) is 4.74 Å². The first-order valence-corrected chi connectivity index (χ1v) is 8.55. The third-order valence-corrected chi connectivity index (χ3v) is 4.24. The highest BCUT2D eigenvalue weighted by Crippen LogP contribution is 2.40. The summed E-state index contributed by atoms with van der Waals surface area (Å²) in [5.74, 6) is 0.602. The van der Waals surface area contributed by atoms with Gasteiger partial charge >= 0.3 is 6.03 Å². The summed E-state index contributed by atoms with van der Waals surface area (Å²) in [6.45, 7) is 4.42. The highest BCUT2D eigenvalue weighted by molar-refractivity contribution is 5.94. The maximum Gasteiger partial charge on any atom is 0.319 e. The Hall–Kier alpha value is -3.02. The standard InChI is InChI=1S/C20H23N3O3/c1-20(2)11-15-5-4-6-16(17(15)26-20)23-19(25)22-12-13-7-9-14(10-8-13)18(24)21-3/h4-10H,11-12H2,1-3H3,(H,21,24)(H2,22,23,25). The van der Waals surface area contributed by atoms with Gasteiger partial charge in [-0.05, 0) is 37.6 Å². The number of carbonyl (C=O) groups excluding carboxylic acids is 2. The lowest BCUT2D eigenvalue weighted by molar-refractivity contribution is 0.0963. The Morgan fingerprint density at radius 2 is 1.85 bits per heavy atom. The zero-order valence-electron chi connectivity index (χ0n) is 15.2. The first kappa shape index (κ1) is 17.8. The molecule has 1 heterocycles. The van der Waals surface area contributed by atoms with E-state index in [0.717, 1.165) is 23.3 Å². The van der Waals surface area contributed by atoms with Gasteiger partial charge in [-0.3, -0.25) is 4.79 Å². The molecule has 0 saturated heterocycles. The number of ether oxygens (including phenoxy) is 1. The van der Waals surface area contributed by atoms with Crippen molar-refractivity contribution < 1.29 is 14.3 Å². The number of hydrogen-bond donors (Lipinski definition) is 3. The zero-order chi connectivity index (χ0) is 18.7. The smallest absolute Gasteiger partial charge is 0.319 e. The quantitative estimate of drug-likeness (QED) is 0.790. The number of para-hydroxylation sites is 1. The van der Waals surface area contributed by atoms with Crippen LogP contribution >= 0.6 is 0 Å². The van der Waals surface area contributed by atoms with Crippen LogP contribution in [0.15, 0.2) is 42.5 Å². The normalized spacial score (nSPS) is 14.1. The van der Waals surface area contributed by atoms with Gasteiger partial charge in [0, 0.05) is 31.1 Å². The van der Waals surface area contributed by atoms with Gasteiger partial charge < -0.3 is 20.7 Å². The fraction of sp³-hybridized carbons (Fsp3) is 0.300. The average Bonchev–Trinajstić information content (AvgIpc) is 2.95. The summed E-state index contributed by atoms with van der Waals surface area (Å²) in [6.07, 6.45) is 0.817. The maximum absolute atomic E-state index is 12.2. The van der Waals surface area contributed by atoms with Crippen LogP contribution < -0.4 is 20.7 Å². The molecule has 0 radical (unpaired) electrons. The number of rotatable bonds is 4. The van der Waals surface area contributed by atoms with Crippen molar-refractivity contribution in [3.63, 3.8) is 0 Å². The molecule has 136 valence electrons. The fourth-order valence-corrected chi connectivity index (χ4v) is 2.98. The van der Waals surface area contributed by atoms with Crippen LogP contribution in [0.2, 0.25) is 0 Å². The van der Waals surface area contributed by atoms with Gasteiger partial charge in [-0.15, -0.1) is 0 Å². The monoisotopic (exact) mass is 353 g/mol. The summed E-state index contributed by atoms with van der Waals surface area (Å²) in [7, 11) is 1.59. The molecule has 3 N–H and O–H groups in total. The molecule has 0 bridgehead atoms. The Morgan fingerprint density at radius 3 is 2.54 bits per heavy atom. The Balaban J connectivity index is 1.59. The summed E-state index contributed by atoms with van der Waals surface area (Å²) in [6, 6.07) is 12.5. The van der Waals surface area contributed by atoms with Gasteiger partial charge in [0.25, 0.3) is 5.91 Å². The number of nitrogens with one attached hydrogen (secondary N) is 3. The molecule has 6 nitrogen and oxygen atoms in total. The van der Waals surface area contributed by atoms with Crippen molar-refractivity contribution in [3.05, 3.63) is 59.2 Å². The van der Waals surface area contributed by atoms with E-state index in [9.17, 15) is 9.59 Å². The molecule has 3 amide bonds. The van der Waals surface area contributed by atoms with Crippen LogP contribution in [0, 0.1) is 0 Å². The lowest BCUT2D eigenvalue weighted by Crippen LogP contribution is -2.29. The van der Waals surface area contributed by atoms with Crippen LogP contribution in [0.5, 0.6) is 5.75 Å². The molecule has 3 rings (SSSR count). The van der Waals surface area contributed by atoms with Gasteiger partial charge in [-0.25, -0.2) is 4.79 Å². The Morgan fingerprint density at radius 1 is 1.12 bits per heavy atom. The first-order chi connectivity index (χ1) is 12.4. The molecule has 2 aromatic carbocycles. The lowest BCUT2D eigenvalue weighted by Gasteiger charge is -2.18. The van der Waals surface area contributed by atoms with Crippen LogP contribution in [-0.2, 0) is 13.0 Å². The number of carbonyl (C=O) groups is 2. The fourth-order valence-electron chi connectivity index (χ4n) is 2.98. The molecule has 0 unspecified atom stereocenters. The molecule has 0 spiro atoms. The number of anilines is 1. The third kappa shape index (κ3) is 3.96. The van der Waals surface area contributed by atoms with Crippen LogP contribution in [-0.4, -0.2) is 24.6 Å². The van der Waals surface area contributed by atoms with Crippen molar-refractivity contribution in [2.45, 2.75) is 32.4 Å². The summed E-state index contributed by atoms with van der Waals surface area (Å²) >= 11 is 0. The minimum atomic E-state index is -0.304. The van der Waals surface area contributed by atoms with Gasteiger partial charge in [0.2, 0.25) is 0 Å². The van der Waals surface area contributed by atoms with E-state index in [2.05, 4.69) is 16.0 Å². The molecular formula is C20H23N3O3. The number of amides is 3. The largest absolute Gasteiger partial charge is 0.485 e. The van der Waals surface area contributed by atoms with Crippen LogP contribution in [0.1, 0.15) is 35.3 Å². The molecule has 0 aromatic heterocycles. The van der Waals surface area contributed by atoms with Gasteiger partial charge in [0.15, 0.2) is 0 Å². The van der Waals surface area contributed by atoms with Crippen molar-refractivity contribution in [3.8, 4) is 5.75 Å². The molecule has 6 heteroatoms. The highest BCUT2D eigenvalue weighted by Gasteiger charge is 2.31. The van der Waals surface area contributed by atoms with E-state index < -0.39 is 0 Å². The van der Waals surface area contributed by atoms with Crippen molar-refractivity contribution in [2.24, 2.45) is 0 Å². The van der Waals surface area contributed by atoms with Gasteiger partial charge in [0.1, 0.15) is 11.4 Å². The summed E-state index contributed by atoms with van der Waals surface area (Å²) in [5, 5.41) is 8.24. The van der Waals surface area contributed by atoms with Gasteiger partial charge in [-0.1, -0.05) is 24.3 Å². The average molecular weight is 353 g/mol. The van der Waals surface area contributed by atoms with Crippen molar-refractivity contribution in [2.75, 3.05) is 12.4 Å². The molecule has 1 aliphatic rings. The second-order valence-electron chi connectivity index (χ2n) is 6.92. The highest BCUT2D eigenvalue weighted by atomic mass is 16.5. The molecular weight excluding hydrogens is 330 g/mol. The Labute approximate surface area is 152 Å². The molecule has 0 saturated carbocycles. The predicted molar refractivity (Wildman–Crippen MR) is 101 cm³/mol. The zero-order valence-corrected chi connectivity index (χ0v) is 15.2. The number of hydrogen-bond acceptors (Lipinski definition) is 3. The van der Waals surface area contributed by atoms with Gasteiger partial charge in [0.05, 0.1) is 5.69 Å². The van der Waals surface area contributed by atoms with Crippen LogP contribution in [0.25, 0.3) is 0 Å². The van der Waals surface area contributed by atoms with Crippen molar-refractivity contribution in [1.82, 2.24) is 10.6 Å². The van der Waals surface area contributed by atoms with E-state index in [-0.39, 0.29) is 17.5 Å². The van der Waals surface area contributed by atoms with E-state index in [1.54, 1.807) is 19.2 Å². The van der Waals surface area contributed by atoms with Crippen LogP contribution in [0.4, 0.5) is 10.5 Å². The van der Waals surface area contributed by atoms with Crippen molar-refractivity contribution in [1.29, 1.82) is 0 Å². The summed E-state index contributed by atoms with van der Waals surface area (Å²) in [4.78, 5) is 23.8.